The van der Waals surface area contributed by atoms with Crippen LogP contribution in [0.3, 0.4) is 0 Å². The van der Waals surface area contributed by atoms with Gasteiger partial charge in [-0.05, 0) is 45.2 Å². The molecule has 0 aliphatic rings. The first-order chi connectivity index (χ1) is 13.5. The molecule has 4 atom stereocenters. The summed E-state index contributed by atoms with van der Waals surface area (Å²) < 4.78 is 0. The minimum Gasteiger partial charge on any atom is -0.481 e. The number of unbranched alkanes of at least 4 members (excludes halogenated alkanes) is 7. The summed E-state index contributed by atoms with van der Waals surface area (Å²) in [6.45, 7) is 2.69. The lowest BCUT2D eigenvalue weighted by Gasteiger charge is -2.23. The molecule has 6 nitrogen and oxygen atoms in total. The molecule has 0 aliphatic carbocycles. The molecule has 0 bridgehead atoms. The van der Waals surface area contributed by atoms with Gasteiger partial charge in [0.1, 0.15) is 0 Å². The Morgan fingerprint density at radius 2 is 1.43 bits per heavy atom. The predicted octanol–water partition coefficient (Wildman–Crippen LogP) is 3.33. The van der Waals surface area contributed by atoms with Gasteiger partial charge < -0.3 is 25.7 Å². The molecule has 0 amide bonds. The molecule has 0 aromatic heterocycles. The molecular weight excluding hydrogens is 358 g/mol. The van der Waals surface area contributed by atoms with Gasteiger partial charge in [-0.3, -0.25) is 4.79 Å². The Morgan fingerprint density at radius 1 is 0.893 bits per heavy atom. The molecule has 0 rings (SSSR count). The summed E-state index contributed by atoms with van der Waals surface area (Å²) in [4.78, 5) is 11.5. The van der Waals surface area contributed by atoms with Crippen LogP contribution in [0.15, 0.2) is 0 Å². The highest BCUT2D eigenvalue weighted by molar-refractivity contribution is 5.70. The van der Waals surface area contributed by atoms with Gasteiger partial charge in [0.2, 0.25) is 0 Å². The average Bonchev–Trinajstić information content (AvgIpc) is 2.66. The van der Waals surface area contributed by atoms with Gasteiger partial charge in [0.25, 0.3) is 0 Å². The maximum atomic E-state index is 11.5. The number of rotatable bonds is 20. The fourth-order valence-corrected chi connectivity index (χ4v) is 3.72. The van der Waals surface area contributed by atoms with Crippen LogP contribution >= 0.6 is 0 Å². The van der Waals surface area contributed by atoms with Crippen LogP contribution in [0.25, 0.3) is 0 Å². The smallest absolute Gasteiger partial charge is 0.309 e. The number of carboxylic acids is 1. The van der Waals surface area contributed by atoms with Gasteiger partial charge in [0, 0.05) is 6.61 Å². The topological polar surface area (TPSA) is 110 Å². The molecule has 0 fully saturated rings. The highest BCUT2D eigenvalue weighted by Gasteiger charge is 2.28. The number of aliphatic hydroxyl groups excluding tert-OH is 3. The van der Waals surface area contributed by atoms with Crippen molar-refractivity contribution in [2.75, 3.05) is 20.2 Å². The Kier molecular flexibility index (Phi) is 17.9. The lowest BCUT2D eigenvalue weighted by atomic mass is 9.89. The van der Waals surface area contributed by atoms with Crippen molar-refractivity contribution < 1.29 is 25.2 Å². The van der Waals surface area contributed by atoms with Crippen LogP contribution < -0.4 is 5.32 Å². The third-order valence-corrected chi connectivity index (χ3v) is 5.55. The number of hydrogen-bond acceptors (Lipinski definition) is 5. The van der Waals surface area contributed by atoms with Crippen LogP contribution in [-0.4, -0.2) is 58.8 Å². The minimum absolute atomic E-state index is 0.0643. The first-order valence-electron chi connectivity index (χ1n) is 11.3. The van der Waals surface area contributed by atoms with Crippen LogP contribution in [0.2, 0.25) is 0 Å². The highest BCUT2D eigenvalue weighted by atomic mass is 16.4. The van der Waals surface area contributed by atoms with Gasteiger partial charge in [0.15, 0.2) is 0 Å². The SMILES string of the molecule is CCCCCCC[C@H](O)CCCCCC[C@H](C(=O)O)[C@H](O)C[C@H](CO)CNC. The van der Waals surface area contributed by atoms with E-state index >= 15 is 0 Å². The van der Waals surface area contributed by atoms with Gasteiger partial charge in [-0.2, -0.15) is 0 Å². The Balaban J connectivity index is 3.90. The first-order valence-corrected chi connectivity index (χ1v) is 11.3. The van der Waals surface area contributed by atoms with E-state index in [4.69, 9.17) is 0 Å². The zero-order valence-corrected chi connectivity index (χ0v) is 18.1. The molecule has 6 heteroatoms. The Hall–Kier alpha value is -0.690. The second-order valence-electron chi connectivity index (χ2n) is 8.20. The van der Waals surface area contributed by atoms with Gasteiger partial charge in [-0.1, -0.05) is 64.7 Å². The van der Waals surface area contributed by atoms with Crippen molar-refractivity contribution in [3.05, 3.63) is 0 Å². The standard InChI is InChI=1S/C22H45NO5/c1-3-4-5-6-9-12-19(25)13-10-7-8-11-14-20(22(27)28)21(26)15-18(17-24)16-23-2/h18-21,23-26H,3-17H2,1-2H3,(H,27,28)/t18-,19-,20-,21+/m0/s1. The van der Waals surface area contributed by atoms with Crippen LogP contribution in [0.4, 0.5) is 0 Å². The molecular formula is C22H45NO5. The molecule has 0 aliphatic heterocycles. The van der Waals surface area contributed by atoms with Crippen LogP contribution in [0.1, 0.15) is 90.4 Å². The fourth-order valence-electron chi connectivity index (χ4n) is 3.72. The van der Waals surface area contributed by atoms with E-state index in [0.717, 1.165) is 44.9 Å². The molecule has 0 unspecified atom stereocenters. The summed E-state index contributed by atoms with van der Waals surface area (Å²) in [5.74, 6) is -1.88. The van der Waals surface area contributed by atoms with E-state index in [0.29, 0.717) is 19.4 Å². The van der Waals surface area contributed by atoms with Crippen molar-refractivity contribution in [1.29, 1.82) is 0 Å². The van der Waals surface area contributed by atoms with Gasteiger partial charge in [-0.25, -0.2) is 0 Å². The molecule has 0 saturated carbocycles. The number of aliphatic hydroxyl groups is 3. The lowest BCUT2D eigenvalue weighted by Crippen LogP contribution is -2.33. The quantitative estimate of drug-likeness (QED) is 0.199. The van der Waals surface area contributed by atoms with E-state index in [9.17, 15) is 25.2 Å². The van der Waals surface area contributed by atoms with E-state index in [1.807, 2.05) is 0 Å². The summed E-state index contributed by atoms with van der Waals surface area (Å²) >= 11 is 0. The van der Waals surface area contributed by atoms with Crippen molar-refractivity contribution in [2.45, 2.75) is 103 Å². The number of aliphatic carboxylic acids is 1. The molecule has 168 valence electrons. The van der Waals surface area contributed by atoms with Gasteiger partial charge in [-0.15, -0.1) is 0 Å². The molecule has 0 heterocycles. The maximum Gasteiger partial charge on any atom is 0.309 e. The summed E-state index contributed by atoms with van der Waals surface area (Å²) in [6, 6.07) is 0. The first kappa shape index (κ1) is 27.3. The second-order valence-corrected chi connectivity index (χ2v) is 8.20. The zero-order valence-electron chi connectivity index (χ0n) is 18.1. The summed E-state index contributed by atoms with van der Waals surface area (Å²) in [7, 11) is 1.77. The van der Waals surface area contributed by atoms with Crippen molar-refractivity contribution in [2.24, 2.45) is 11.8 Å². The molecule has 0 radical (unpaired) electrons. The normalized spacial score (nSPS) is 15.9. The van der Waals surface area contributed by atoms with Crippen molar-refractivity contribution in [3.8, 4) is 0 Å². The van der Waals surface area contributed by atoms with Crippen LogP contribution in [0, 0.1) is 11.8 Å². The van der Waals surface area contributed by atoms with Gasteiger partial charge >= 0.3 is 5.97 Å². The Labute approximate surface area is 171 Å². The van der Waals surface area contributed by atoms with Gasteiger partial charge in [0.05, 0.1) is 18.1 Å². The highest BCUT2D eigenvalue weighted by Crippen LogP contribution is 2.21. The van der Waals surface area contributed by atoms with Crippen molar-refractivity contribution in [1.82, 2.24) is 5.32 Å². The average molecular weight is 404 g/mol. The predicted molar refractivity (Wildman–Crippen MR) is 113 cm³/mol. The van der Waals surface area contributed by atoms with Crippen molar-refractivity contribution in [3.63, 3.8) is 0 Å². The monoisotopic (exact) mass is 403 g/mol. The summed E-state index contributed by atoms with van der Waals surface area (Å²) in [5, 5.41) is 41.9. The zero-order chi connectivity index (χ0) is 21.2. The maximum absolute atomic E-state index is 11.5. The number of carbonyl (C=O) groups is 1. The summed E-state index contributed by atoms with van der Waals surface area (Å²) in [5.41, 5.74) is 0. The molecule has 0 aromatic carbocycles. The largest absolute Gasteiger partial charge is 0.481 e. The Bertz CT molecular complexity index is 367. The molecule has 5 N–H and O–H groups in total. The van der Waals surface area contributed by atoms with Crippen LogP contribution in [-0.2, 0) is 4.79 Å². The van der Waals surface area contributed by atoms with E-state index in [-0.39, 0.29) is 18.6 Å². The third kappa shape index (κ3) is 14.3. The number of hydrogen-bond donors (Lipinski definition) is 5. The van der Waals surface area contributed by atoms with Crippen molar-refractivity contribution >= 4 is 5.97 Å². The van der Waals surface area contributed by atoms with E-state index in [1.54, 1.807) is 7.05 Å². The molecule has 0 saturated heterocycles. The third-order valence-electron chi connectivity index (χ3n) is 5.55. The molecule has 0 spiro atoms. The van der Waals surface area contributed by atoms with E-state index in [1.165, 1.54) is 25.7 Å². The van der Waals surface area contributed by atoms with E-state index < -0.39 is 18.0 Å². The fraction of sp³-hybridized carbons (Fsp3) is 0.955. The van der Waals surface area contributed by atoms with E-state index in [2.05, 4.69) is 12.2 Å². The van der Waals surface area contributed by atoms with Crippen LogP contribution in [0.5, 0.6) is 0 Å². The number of carboxylic acid groups (broad SMARTS) is 1. The minimum atomic E-state index is -0.966. The Morgan fingerprint density at radius 3 is 1.89 bits per heavy atom. The molecule has 28 heavy (non-hydrogen) atoms. The second kappa shape index (κ2) is 18.3. The lowest BCUT2D eigenvalue weighted by molar-refractivity contribution is -0.146. The summed E-state index contributed by atoms with van der Waals surface area (Å²) in [6.07, 6.45) is 11.0. The molecule has 0 aromatic rings. The number of nitrogens with one attached hydrogen (secondary N) is 1.